The highest BCUT2D eigenvalue weighted by atomic mass is 14.9. The Labute approximate surface area is 175 Å². The molecular weight excluding hydrogens is 354 g/mol. The van der Waals surface area contributed by atoms with Crippen LogP contribution in [0.25, 0.3) is 23.2 Å². The van der Waals surface area contributed by atoms with Crippen molar-refractivity contribution in [2.75, 3.05) is 0 Å². The zero-order valence-electron chi connectivity index (χ0n) is 18.4. The highest BCUT2D eigenvalue weighted by molar-refractivity contribution is 5.80. The Balaban J connectivity index is 1.50. The van der Waals surface area contributed by atoms with Crippen molar-refractivity contribution in [3.8, 4) is 0 Å². The molecule has 154 valence electrons. The van der Waals surface area contributed by atoms with Crippen LogP contribution >= 0.6 is 0 Å². The summed E-state index contributed by atoms with van der Waals surface area (Å²) in [7, 11) is 0. The van der Waals surface area contributed by atoms with E-state index < -0.39 is 0 Å². The topological polar surface area (TPSA) is 32.6 Å². The van der Waals surface area contributed by atoms with Gasteiger partial charge >= 0.3 is 0 Å². The number of nitrogens with one attached hydrogen (secondary N) is 1. The molecule has 0 fully saturated rings. The van der Waals surface area contributed by atoms with Gasteiger partial charge in [0.2, 0.25) is 0 Å². The van der Waals surface area contributed by atoms with Crippen molar-refractivity contribution in [2.45, 2.75) is 78.7 Å². The van der Waals surface area contributed by atoms with E-state index in [1.807, 2.05) is 0 Å². The second-order valence-electron chi connectivity index (χ2n) is 8.26. The molecule has 0 spiro atoms. The maximum absolute atomic E-state index is 4.70. The molecule has 29 heavy (non-hydrogen) atoms. The monoisotopic (exact) mass is 390 g/mol. The Hall–Kier alpha value is -2.42. The van der Waals surface area contributed by atoms with Crippen LogP contribution in [0, 0.1) is 13.8 Å². The van der Waals surface area contributed by atoms with Crippen LogP contribution in [0.3, 0.4) is 0 Å². The van der Waals surface area contributed by atoms with Gasteiger partial charge in [0.1, 0.15) is 12.4 Å². The number of unbranched alkanes of at least 4 members (excludes halogenated alkanes) is 7. The summed E-state index contributed by atoms with van der Waals surface area (Å²) in [5.74, 6) is 0.906. The van der Waals surface area contributed by atoms with E-state index in [9.17, 15) is 0 Å². The van der Waals surface area contributed by atoms with E-state index in [-0.39, 0.29) is 0 Å². The van der Waals surface area contributed by atoms with Crippen molar-refractivity contribution in [1.82, 2.24) is 9.97 Å². The van der Waals surface area contributed by atoms with Gasteiger partial charge in [-0.05, 0) is 61.7 Å². The molecule has 0 radical (unpaired) electrons. The Morgan fingerprint density at radius 1 is 0.931 bits per heavy atom. The van der Waals surface area contributed by atoms with Crippen LogP contribution in [-0.4, -0.2) is 9.97 Å². The molecule has 0 bridgehead atoms. The van der Waals surface area contributed by atoms with Gasteiger partial charge in [0, 0.05) is 18.1 Å². The average Bonchev–Trinajstić information content (AvgIpc) is 3.10. The van der Waals surface area contributed by atoms with E-state index in [1.165, 1.54) is 68.1 Å². The number of hydrogen-bond donors (Lipinski definition) is 1. The molecule has 0 unspecified atom stereocenters. The minimum Gasteiger partial charge on any atom is -0.338 e. The molecule has 1 aromatic carbocycles. The third-order valence-electron chi connectivity index (χ3n) is 5.70. The minimum atomic E-state index is 0.906. The van der Waals surface area contributed by atoms with Gasteiger partial charge in [0.15, 0.2) is 12.4 Å². The molecule has 0 saturated carbocycles. The zero-order chi connectivity index (χ0) is 20.5. The molecular formula is C26H36N3+. The van der Waals surface area contributed by atoms with Crippen molar-refractivity contribution < 1.29 is 4.57 Å². The normalized spacial score (nSPS) is 11.7. The largest absolute Gasteiger partial charge is 0.338 e. The standard InChI is InChI=1S/C26H36N3/c1-4-5-6-7-8-9-10-11-16-29-17-12-13-23(20-29)14-15-26-27-24-18-21(2)22(3)19-25(24)28-26/h12-15,17-20H,4-11,16H2,1-3H3,(H,27,28)/q+1/b15-14+. The average molecular weight is 391 g/mol. The second-order valence-corrected chi connectivity index (χ2v) is 8.26. The van der Waals surface area contributed by atoms with E-state index >= 15 is 0 Å². The van der Waals surface area contributed by atoms with E-state index in [0.717, 1.165) is 23.4 Å². The Morgan fingerprint density at radius 3 is 2.45 bits per heavy atom. The summed E-state index contributed by atoms with van der Waals surface area (Å²) >= 11 is 0. The second kappa shape index (κ2) is 10.9. The smallest absolute Gasteiger partial charge is 0.176 e. The molecule has 0 aliphatic heterocycles. The number of benzene rings is 1. The molecule has 0 saturated heterocycles. The molecule has 3 nitrogen and oxygen atoms in total. The number of aryl methyl sites for hydroxylation is 3. The molecule has 3 aromatic rings. The number of rotatable bonds is 11. The summed E-state index contributed by atoms with van der Waals surface area (Å²) in [6.07, 6.45) is 19.5. The first-order valence-corrected chi connectivity index (χ1v) is 11.3. The maximum atomic E-state index is 4.70. The maximum Gasteiger partial charge on any atom is 0.176 e. The lowest BCUT2D eigenvalue weighted by molar-refractivity contribution is -0.697. The summed E-state index contributed by atoms with van der Waals surface area (Å²) in [6.45, 7) is 7.65. The minimum absolute atomic E-state index is 0.906. The van der Waals surface area contributed by atoms with Crippen LogP contribution in [0.1, 0.15) is 80.8 Å². The van der Waals surface area contributed by atoms with E-state index in [0.29, 0.717) is 0 Å². The summed E-state index contributed by atoms with van der Waals surface area (Å²) in [4.78, 5) is 8.11. The summed E-state index contributed by atoms with van der Waals surface area (Å²) in [5, 5.41) is 0. The van der Waals surface area contributed by atoms with Crippen LogP contribution in [0.2, 0.25) is 0 Å². The van der Waals surface area contributed by atoms with Gasteiger partial charge in [0.25, 0.3) is 0 Å². The van der Waals surface area contributed by atoms with E-state index in [1.54, 1.807) is 0 Å². The number of pyridine rings is 1. The van der Waals surface area contributed by atoms with Gasteiger partial charge in [-0.1, -0.05) is 45.4 Å². The Kier molecular flexibility index (Phi) is 8.03. The first-order chi connectivity index (χ1) is 14.2. The third kappa shape index (κ3) is 6.56. The summed E-state index contributed by atoms with van der Waals surface area (Å²) in [5.41, 5.74) is 5.92. The summed E-state index contributed by atoms with van der Waals surface area (Å²) in [6, 6.07) is 8.61. The fourth-order valence-electron chi connectivity index (χ4n) is 3.75. The van der Waals surface area contributed by atoms with Crippen LogP contribution < -0.4 is 4.57 Å². The number of nitrogens with zero attached hydrogens (tertiary/aromatic N) is 2. The molecule has 0 atom stereocenters. The zero-order valence-corrected chi connectivity index (χ0v) is 18.4. The molecule has 0 aliphatic carbocycles. The predicted molar refractivity (Wildman–Crippen MR) is 124 cm³/mol. The number of fused-ring (bicyclic) bond motifs is 1. The molecule has 3 rings (SSSR count). The highest BCUT2D eigenvalue weighted by Gasteiger charge is 2.04. The summed E-state index contributed by atoms with van der Waals surface area (Å²) < 4.78 is 2.31. The SMILES string of the molecule is CCCCCCCCCC[n+]1cccc(/C=C/c2nc3cc(C)c(C)cc3[nH]2)c1. The van der Waals surface area contributed by atoms with Crippen molar-refractivity contribution in [3.05, 3.63) is 59.2 Å². The lowest BCUT2D eigenvalue weighted by atomic mass is 10.1. The van der Waals surface area contributed by atoms with Crippen LogP contribution in [0.15, 0.2) is 36.7 Å². The van der Waals surface area contributed by atoms with Gasteiger partial charge in [-0.15, -0.1) is 0 Å². The first-order valence-electron chi connectivity index (χ1n) is 11.3. The number of H-pyrrole nitrogens is 1. The van der Waals surface area contributed by atoms with E-state index in [4.69, 9.17) is 4.98 Å². The lowest BCUT2D eigenvalue weighted by Crippen LogP contribution is -2.32. The van der Waals surface area contributed by atoms with Gasteiger partial charge < -0.3 is 4.98 Å². The molecule has 3 heteroatoms. The number of aromatic amines is 1. The lowest BCUT2D eigenvalue weighted by Gasteiger charge is -2.01. The Bertz CT molecular complexity index is 897. The highest BCUT2D eigenvalue weighted by Crippen LogP contribution is 2.18. The van der Waals surface area contributed by atoms with Crippen molar-refractivity contribution in [2.24, 2.45) is 0 Å². The van der Waals surface area contributed by atoms with Gasteiger partial charge in [-0.3, -0.25) is 0 Å². The molecule has 2 heterocycles. The van der Waals surface area contributed by atoms with Crippen molar-refractivity contribution in [1.29, 1.82) is 0 Å². The Morgan fingerprint density at radius 2 is 1.66 bits per heavy atom. The quantitative estimate of drug-likeness (QED) is 0.284. The molecule has 0 amide bonds. The number of hydrogen-bond acceptors (Lipinski definition) is 1. The van der Waals surface area contributed by atoms with E-state index in [2.05, 4.69) is 79.1 Å². The van der Waals surface area contributed by atoms with Gasteiger partial charge in [0.05, 0.1) is 11.0 Å². The first kappa shape index (κ1) is 21.3. The molecule has 2 aromatic heterocycles. The number of aromatic nitrogens is 3. The van der Waals surface area contributed by atoms with Crippen LogP contribution in [0.5, 0.6) is 0 Å². The fourth-order valence-corrected chi connectivity index (χ4v) is 3.75. The third-order valence-corrected chi connectivity index (χ3v) is 5.70. The van der Waals surface area contributed by atoms with Crippen molar-refractivity contribution >= 4 is 23.2 Å². The van der Waals surface area contributed by atoms with Crippen LogP contribution in [0.4, 0.5) is 0 Å². The van der Waals surface area contributed by atoms with Gasteiger partial charge in [-0.25, -0.2) is 9.55 Å². The molecule has 0 aliphatic rings. The fraction of sp³-hybridized carbons (Fsp3) is 0.462. The molecule has 1 N–H and O–H groups in total. The predicted octanol–water partition coefficient (Wildman–Crippen LogP) is 6.78. The number of imidazole rings is 1. The van der Waals surface area contributed by atoms with Crippen molar-refractivity contribution in [3.63, 3.8) is 0 Å². The van der Waals surface area contributed by atoms with Gasteiger partial charge in [-0.2, -0.15) is 0 Å². The van der Waals surface area contributed by atoms with Crippen LogP contribution in [-0.2, 0) is 6.54 Å².